The second kappa shape index (κ2) is 6.96. The molecular weight excluding hydrogens is 360 g/mol. The van der Waals surface area contributed by atoms with Crippen molar-refractivity contribution in [2.75, 3.05) is 0 Å². The van der Waals surface area contributed by atoms with E-state index in [1.54, 1.807) is 19.1 Å². The van der Waals surface area contributed by atoms with Crippen LogP contribution in [0.3, 0.4) is 0 Å². The van der Waals surface area contributed by atoms with Gasteiger partial charge in [-0.15, -0.1) is 0 Å². The first-order chi connectivity index (χ1) is 13.5. The minimum Gasteiger partial charge on any atom is -0.433 e. The quantitative estimate of drug-likeness (QED) is 0.287. The van der Waals surface area contributed by atoms with Crippen LogP contribution in [0, 0.1) is 17.0 Å². The van der Waals surface area contributed by atoms with E-state index in [9.17, 15) is 14.9 Å². The molecule has 0 saturated carbocycles. The molecule has 0 unspecified atom stereocenters. The van der Waals surface area contributed by atoms with Gasteiger partial charge in [0.1, 0.15) is 11.3 Å². The lowest BCUT2D eigenvalue weighted by molar-refractivity contribution is -0.386. The van der Waals surface area contributed by atoms with Crippen LogP contribution >= 0.6 is 0 Å². The molecule has 0 spiro atoms. The summed E-state index contributed by atoms with van der Waals surface area (Å²) in [7, 11) is 0. The Labute approximate surface area is 159 Å². The van der Waals surface area contributed by atoms with Crippen molar-refractivity contribution in [3.8, 4) is 22.8 Å². The second-order valence-electron chi connectivity index (χ2n) is 6.10. The van der Waals surface area contributed by atoms with Crippen molar-refractivity contribution in [3.05, 3.63) is 93.0 Å². The van der Waals surface area contributed by atoms with E-state index in [1.807, 2.05) is 30.3 Å². The first-order valence-electron chi connectivity index (χ1n) is 8.45. The molecule has 0 radical (unpaired) electrons. The topological polar surface area (TPSA) is 95.5 Å². The Bertz CT molecular complexity index is 1250. The average molecular weight is 374 g/mol. The highest BCUT2D eigenvalue weighted by molar-refractivity contribution is 5.95. The molecular formula is C21H14N2O5. The molecule has 0 saturated heterocycles. The third kappa shape index (κ3) is 3.09. The summed E-state index contributed by atoms with van der Waals surface area (Å²) in [5.41, 5.74) is 1.80. The highest BCUT2D eigenvalue weighted by Gasteiger charge is 2.19. The van der Waals surface area contributed by atoms with Crippen molar-refractivity contribution in [3.63, 3.8) is 0 Å². The molecule has 0 aliphatic rings. The largest absolute Gasteiger partial charge is 0.433 e. The van der Waals surface area contributed by atoms with E-state index in [4.69, 9.17) is 9.15 Å². The van der Waals surface area contributed by atoms with Gasteiger partial charge in [-0.25, -0.2) is 9.78 Å². The average Bonchev–Trinajstić information content (AvgIpc) is 2.71. The molecule has 2 heterocycles. The molecule has 138 valence electrons. The third-order valence-electron chi connectivity index (χ3n) is 4.35. The number of rotatable bonds is 4. The van der Waals surface area contributed by atoms with E-state index in [0.29, 0.717) is 16.9 Å². The summed E-state index contributed by atoms with van der Waals surface area (Å²) in [6, 6.07) is 17.2. The number of pyridine rings is 1. The summed E-state index contributed by atoms with van der Waals surface area (Å²) in [5, 5.41) is 11.9. The predicted molar refractivity (Wildman–Crippen MR) is 104 cm³/mol. The lowest BCUT2D eigenvalue weighted by Crippen LogP contribution is -2.01. The van der Waals surface area contributed by atoms with Gasteiger partial charge in [0.05, 0.1) is 4.92 Å². The number of nitro groups is 1. The monoisotopic (exact) mass is 374 g/mol. The lowest BCUT2D eigenvalue weighted by Gasteiger charge is -2.12. The van der Waals surface area contributed by atoms with Gasteiger partial charge >= 0.3 is 11.3 Å². The number of fused-ring (bicyclic) bond motifs is 1. The van der Waals surface area contributed by atoms with Crippen LogP contribution in [0.1, 0.15) is 5.56 Å². The zero-order chi connectivity index (χ0) is 19.7. The van der Waals surface area contributed by atoms with E-state index in [0.717, 1.165) is 16.5 Å². The van der Waals surface area contributed by atoms with Gasteiger partial charge in [-0.05, 0) is 36.2 Å². The van der Waals surface area contributed by atoms with Gasteiger partial charge < -0.3 is 9.15 Å². The van der Waals surface area contributed by atoms with Crippen molar-refractivity contribution in [1.82, 2.24) is 4.98 Å². The fourth-order valence-electron chi connectivity index (χ4n) is 3.01. The molecule has 0 bridgehead atoms. The maximum Gasteiger partial charge on any atom is 0.336 e. The van der Waals surface area contributed by atoms with Crippen molar-refractivity contribution >= 4 is 16.7 Å². The number of ether oxygens (including phenoxy) is 1. The zero-order valence-electron chi connectivity index (χ0n) is 14.8. The molecule has 4 aromatic rings. The maximum atomic E-state index is 12.1. The van der Waals surface area contributed by atoms with Crippen LogP contribution in [0.25, 0.3) is 22.1 Å². The summed E-state index contributed by atoms with van der Waals surface area (Å²) in [5.74, 6) is 0.194. The van der Waals surface area contributed by atoms with Gasteiger partial charge in [0, 0.05) is 29.3 Å². The van der Waals surface area contributed by atoms with E-state index in [-0.39, 0.29) is 11.6 Å². The summed E-state index contributed by atoms with van der Waals surface area (Å²) in [4.78, 5) is 26.7. The molecule has 0 aliphatic carbocycles. The first kappa shape index (κ1) is 17.4. The predicted octanol–water partition coefficient (Wildman–Crippen LogP) is 4.86. The van der Waals surface area contributed by atoms with Gasteiger partial charge in [0.25, 0.3) is 5.88 Å². The van der Waals surface area contributed by atoms with Crippen LogP contribution in [-0.2, 0) is 0 Å². The summed E-state index contributed by atoms with van der Waals surface area (Å²) in [6.07, 6.45) is 1.41. The fraction of sp³-hybridized carbons (Fsp3) is 0.0476. The Morgan fingerprint density at radius 2 is 1.86 bits per heavy atom. The Hall–Kier alpha value is -4.00. The van der Waals surface area contributed by atoms with Gasteiger partial charge in [0.2, 0.25) is 0 Å². The highest BCUT2D eigenvalue weighted by Crippen LogP contribution is 2.36. The van der Waals surface area contributed by atoms with Gasteiger partial charge in [-0.1, -0.05) is 30.3 Å². The number of benzene rings is 2. The normalized spacial score (nSPS) is 10.8. The molecule has 7 heteroatoms. The number of aromatic nitrogens is 1. The Balaban J connectivity index is 1.87. The van der Waals surface area contributed by atoms with Crippen molar-refractivity contribution in [2.45, 2.75) is 6.92 Å². The Kier molecular flexibility index (Phi) is 4.33. The van der Waals surface area contributed by atoms with Crippen molar-refractivity contribution in [2.24, 2.45) is 0 Å². The van der Waals surface area contributed by atoms with Gasteiger partial charge in [0.15, 0.2) is 0 Å². The summed E-state index contributed by atoms with van der Waals surface area (Å²) in [6.45, 7) is 1.73. The van der Waals surface area contributed by atoms with Crippen molar-refractivity contribution < 1.29 is 14.1 Å². The lowest BCUT2D eigenvalue weighted by atomic mass is 10.0. The molecule has 2 aromatic heterocycles. The molecule has 0 aliphatic heterocycles. The third-order valence-corrected chi connectivity index (χ3v) is 4.35. The van der Waals surface area contributed by atoms with Crippen LogP contribution in [0.5, 0.6) is 11.6 Å². The number of aryl methyl sites for hydroxylation is 1. The minimum absolute atomic E-state index is 0.128. The van der Waals surface area contributed by atoms with Gasteiger partial charge in [-0.3, -0.25) is 10.1 Å². The van der Waals surface area contributed by atoms with Gasteiger partial charge in [-0.2, -0.15) is 0 Å². The van der Waals surface area contributed by atoms with E-state index in [1.165, 1.54) is 24.4 Å². The molecule has 2 aromatic carbocycles. The van der Waals surface area contributed by atoms with Crippen LogP contribution < -0.4 is 10.4 Å². The minimum atomic E-state index is -0.563. The highest BCUT2D eigenvalue weighted by atomic mass is 16.6. The molecule has 0 N–H and O–H groups in total. The molecule has 4 rings (SSSR count). The number of hydrogen-bond donors (Lipinski definition) is 0. The molecule has 7 nitrogen and oxygen atoms in total. The van der Waals surface area contributed by atoms with E-state index in [2.05, 4.69) is 4.98 Å². The smallest absolute Gasteiger partial charge is 0.336 e. The standard InChI is InChI=1S/C21H14N2O5/c1-13-18(27-21-17(23(25)26)8-5-11-22-21)10-9-15-16(12-19(24)28-20(13)15)14-6-3-2-4-7-14/h2-12H,1H3. The van der Waals surface area contributed by atoms with Crippen LogP contribution in [0.15, 0.2) is 76.1 Å². The molecule has 0 amide bonds. The van der Waals surface area contributed by atoms with Crippen LogP contribution in [0.2, 0.25) is 0 Å². The SMILES string of the molecule is Cc1c(Oc2ncccc2[N+](=O)[O-])ccc2c(-c3ccccc3)cc(=O)oc12. The second-order valence-corrected chi connectivity index (χ2v) is 6.10. The summed E-state index contributed by atoms with van der Waals surface area (Å²) < 4.78 is 11.1. The van der Waals surface area contributed by atoms with E-state index < -0.39 is 10.5 Å². The van der Waals surface area contributed by atoms with E-state index >= 15 is 0 Å². The zero-order valence-corrected chi connectivity index (χ0v) is 14.8. The first-order valence-corrected chi connectivity index (χ1v) is 8.45. The van der Waals surface area contributed by atoms with Crippen LogP contribution in [0.4, 0.5) is 5.69 Å². The number of hydrogen-bond acceptors (Lipinski definition) is 6. The Morgan fingerprint density at radius 1 is 1.07 bits per heavy atom. The Morgan fingerprint density at radius 3 is 2.61 bits per heavy atom. The van der Waals surface area contributed by atoms with Crippen LogP contribution in [-0.4, -0.2) is 9.91 Å². The summed E-state index contributed by atoms with van der Waals surface area (Å²) >= 11 is 0. The molecule has 0 fully saturated rings. The molecule has 0 atom stereocenters. The number of nitrogens with zero attached hydrogens (tertiary/aromatic N) is 2. The van der Waals surface area contributed by atoms with Crippen molar-refractivity contribution in [1.29, 1.82) is 0 Å². The fourth-order valence-corrected chi connectivity index (χ4v) is 3.01. The molecule has 28 heavy (non-hydrogen) atoms. The maximum absolute atomic E-state index is 12.1.